The number of hydrogen-bond donors (Lipinski definition) is 1. The number of hydrogen-bond acceptors (Lipinski definition) is 6. The monoisotopic (exact) mass is 405 g/mol. The summed E-state index contributed by atoms with van der Waals surface area (Å²) in [6.07, 6.45) is 0.326. The summed E-state index contributed by atoms with van der Waals surface area (Å²) in [5.41, 5.74) is 1.46. The Morgan fingerprint density at radius 2 is 1.92 bits per heavy atom. The minimum absolute atomic E-state index is 0.102. The molecule has 0 spiro atoms. The van der Waals surface area contributed by atoms with Crippen molar-refractivity contribution in [3.8, 4) is 5.75 Å². The molecule has 26 heavy (non-hydrogen) atoms. The molecule has 0 bridgehead atoms. The summed E-state index contributed by atoms with van der Waals surface area (Å²) in [5, 5.41) is 8.36. The number of methoxy groups -OCH3 is 1. The van der Waals surface area contributed by atoms with Crippen molar-refractivity contribution in [3.05, 3.63) is 56.9 Å². The maximum atomic E-state index is 13.1. The van der Waals surface area contributed by atoms with Crippen molar-refractivity contribution in [3.63, 3.8) is 0 Å². The number of carbonyl (C=O) groups excluding carboxylic acids is 1. The number of anilines is 1. The molecule has 1 aliphatic rings. The van der Waals surface area contributed by atoms with Crippen LogP contribution in [0.15, 0.2) is 56.3 Å². The summed E-state index contributed by atoms with van der Waals surface area (Å²) in [7, 11) is -2.21. The molecule has 1 atom stereocenters. The number of benzene rings is 1. The Kier molecular flexibility index (Phi) is 4.34. The molecule has 0 unspecified atom stereocenters. The highest BCUT2D eigenvalue weighted by atomic mass is 32.2. The van der Waals surface area contributed by atoms with E-state index in [1.807, 2.05) is 16.8 Å². The predicted molar refractivity (Wildman–Crippen MR) is 102 cm³/mol. The van der Waals surface area contributed by atoms with Crippen LogP contribution in [0.5, 0.6) is 5.75 Å². The lowest BCUT2D eigenvalue weighted by Crippen LogP contribution is -2.23. The highest BCUT2D eigenvalue weighted by Gasteiger charge is 2.34. The molecule has 2 aromatic heterocycles. The van der Waals surface area contributed by atoms with E-state index in [0.717, 1.165) is 10.4 Å². The third-order valence-electron chi connectivity index (χ3n) is 4.36. The average Bonchev–Trinajstić information content (AvgIpc) is 3.31. The first-order valence-electron chi connectivity index (χ1n) is 7.83. The van der Waals surface area contributed by atoms with Gasteiger partial charge in [-0.05, 0) is 46.7 Å². The number of rotatable bonds is 4. The molecule has 4 rings (SSSR count). The van der Waals surface area contributed by atoms with Gasteiger partial charge in [-0.15, -0.1) is 11.3 Å². The Labute approximate surface area is 159 Å². The van der Waals surface area contributed by atoms with Crippen LogP contribution in [0.25, 0.3) is 0 Å². The third-order valence-corrected chi connectivity index (χ3v) is 8.10. The summed E-state index contributed by atoms with van der Waals surface area (Å²) in [5.74, 6) is 0.315. The van der Waals surface area contributed by atoms with Crippen LogP contribution < -0.4 is 10.1 Å². The van der Waals surface area contributed by atoms with Gasteiger partial charge >= 0.3 is 0 Å². The maximum absolute atomic E-state index is 13.1. The Hall–Kier alpha value is -2.16. The summed E-state index contributed by atoms with van der Waals surface area (Å²) in [6.45, 7) is 0. The van der Waals surface area contributed by atoms with Gasteiger partial charge in [0, 0.05) is 22.6 Å². The van der Waals surface area contributed by atoms with Gasteiger partial charge in [0.1, 0.15) is 10.6 Å². The molecule has 1 N–H and O–H groups in total. The predicted octanol–water partition coefficient (Wildman–Crippen LogP) is 4.13. The molecule has 0 fully saturated rings. The number of fused-ring (bicyclic) bond motifs is 1. The molecule has 1 aliphatic heterocycles. The van der Waals surface area contributed by atoms with Crippen LogP contribution in [0.2, 0.25) is 0 Å². The maximum Gasteiger partial charge on any atom is 0.225 e. The van der Waals surface area contributed by atoms with Crippen LogP contribution in [-0.2, 0) is 14.6 Å². The zero-order valence-corrected chi connectivity index (χ0v) is 16.2. The molecule has 5 nitrogen and oxygen atoms in total. The van der Waals surface area contributed by atoms with Gasteiger partial charge in [0.25, 0.3) is 0 Å². The second-order valence-electron chi connectivity index (χ2n) is 5.88. The largest absolute Gasteiger partial charge is 0.497 e. The SMILES string of the molecule is COc1ccc(S(=O)(=O)c2csc3c2NC(=O)C[C@@H]3c2ccsc2)cc1. The first-order valence-corrected chi connectivity index (χ1v) is 11.1. The lowest BCUT2D eigenvalue weighted by Gasteiger charge is -2.22. The molecule has 134 valence electrons. The van der Waals surface area contributed by atoms with Crippen molar-refractivity contribution in [2.75, 3.05) is 12.4 Å². The van der Waals surface area contributed by atoms with Gasteiger partial charge in [0.15, 0.2) is 0 Å². The fourth-order valence-electron chi connectivity index (χ4n) is 3.03. The van der Waals surface area contributed by atoms with E-state index in [9.17, 15) is 13.2 Å². The van der Waals surface area contributed by atoms with E-state index in [1.165, 1.54) is 30.6 Å². The Morgan fingerprint density at radius 1 is 1.15 bits per heavy atom. The molecule has 1 amide bonds. The number of carbonyl (C=O) groups is 1. The van der Waals surface area contributed by atoms with Gasteiger partial charge in [-0.2, -0.15) is 11.3 Å². The molecule has 8 heteroatoms. The number of nitrogens with one attached hydrogen (secondary N) is 1. The molecular formula is C18H15NO4S3. The van der Waals surface area contributed by atoms with Gasteiger partial charge in [-0.1, -0.05) is 0 Å². The van der Waals surface area contributed by atoms with Crippen molar-refractivity contribution in [2.24, 2.45) is 0 Å². The summed E-state index contributed by atoms with van der Waals surface area (Å²) >= 11 is 2.94. The minimum atomic E-state index is -3.74. The molecular weight excluding hydrogens is 390 g/mol. The van der Waals surface area contributed by atoms with Crippen LogP contribution >= 0.6 is 22.7 Å². The summed E-state index contributed by atoms with van der Waals surface area (Å²) < 4.78 is 31.2. The first-order chi connectivity index (χ1) is 12.5. The number of sulfone groups is 1. The van der Waals surface area contributed by atoms with E-state index < -0.39 is 9.84 Å². The molecule has 0 saturated heterocycles. The molecule has 0 saturated carbocycles. The third kappa shape index (κ3) is 2.84. The second-order valence-corrected chi connectivity index (χ2v) is 9.49. The number of amides is 1. The van der Waals surface area contributed by atoms with Crippen molar-refractivity contribution >= 4 is 44.1 Å². The molecule has 0 aliphatic carbocycles. The fourth-order valence-corrected chi connectivity index (χ4v) is 6.65. The Bertz CT molecular complexity index is 1050. The van der Waals surface area contributed by atoms with Crippen molar-refractivity contribution in [2.45, 2.75) is 22.1 Å². The van der Waals surface area contributed by atoms with E-state index in [1.54, 1.807) is 28.8 Å². The smallest absolute Gasteiger partial charge is 0.225 e. The standard InChI is InChI=1S/C18H15NO4S3/c1-23-12-2-4-13(5-3-12)26(21,22)15-10-25-18-14(11-6-7-24-9-11)8-16(20)19-17(15)18/h2-7,9-10,14H,8H2,1H3,(H,19,20)/t14-/m1/s1. The van der Waals surface area contributed by atoms with Gasteiger partial charge < -0.3 is 10.1 Å². The van der Waals surface area contributed by atoms with Crippen LogP contribution in [0.1, 0.15) is 22.8 Å². The quantitative estimate of drug-likeness (QED) is 0.709. The van der Waals surface area contributed by atoms with Gasteiger partial charge in [0.2, 0.25) is 15.7 Å². The molecule has 1 aromatic carbocycles. The molecule has 3 heterocycles. The lowest BCUT2D eigenvalue weighted by molar-refractivity contribution is -0.116. The normalized spacial score (nSPS) is 16.8. The van der Waals surface area contributed by atoms with Crippen LogP contribution in [0, 0.1) is 0 Å². The van der Waals surface area contributed by atoms with Crippen molar-refractivity contribution < 1.29 is 17.9 Å². The van der Waals surface area contributed by atoms with Gasteiger partial charge in [-0.25, -0.2) is 8.42 Å². The average molecular weight is 406 g/mol. The Balaban J connectivity index is 1.80. The summed E-state index contributed by atoms with van der Waals surface area (Å²) in [4.78, 5) is 13.4. The van der Waals surface area contributed by atoms with Crippen molar-refractivity contribution in [1.82, 2.24) is 0 Å². The Morgan fingerprint density at radius 3 is 2.58 bits per heavy atom. The van der Waals surface area contributed by atoms with Crippen molar-refractivity contribution in [1.29, 1.82) is 0 Å². The highest BCUT2D eigenvalue weighted by Crippen LogP contribution is 2.46. The van der Waals surface area contributed by atoms with E-state index >= 15 is 0 Å². The van der Waals surface area contributed by atoms with Gasteiger partial charge in [0.05, 0.1) is 17.7 Å². The van der Waals surface area contributed by atoms with Crippen LogP contribution in [0.4, 0.5) is 5.69 Å². The lowest BCUT2D eigenvalue weighted by atomic mass is 9.93. The van der Waals surface area contributed by atoms with Crippen LogP contribution in [-0.4, -0.2) is 21.4 Å². The van der Waals surface area contributed by atoms with E-state index in [2.05, 4.69) is 5.32 Å². The van der Waals surface area contributed by atoms with Crippen LogP contribution in [0.3, 0.4) is 0 Å². The minimum Gasteiger partial charge on any atom is -0.497 e. The topological polar surface area (TPSA) is 72.5 Å². The van der Waals surface area contributed by atoms with Gasteiger partial charge in [-0.3, -0.25) is 4.79 Å². The first kappa shape index (κ1) is 17.3. The molecule has 3 aromatic rings. The highest BCUT2D eigenvalue weighted by molar-refractivity contribution is 7.91. The van der Waals surface area contributed by atoms with E-state index in [4.69, 9.17) is 4.74 Å². The zero-order chi connectivity index (χ0) is 18.3. The number of ether oxygens (including phenoxy) is 1. The molecule has 0 radical (unpaired) electrons. The fraction of sp³-hybridized carbons (Fsp3) is 0.167. The van der Waals surface area contributed by atoms with E-state index in [-0.39, 0.29) is 21.6 Å². The second kappa shape index (κ2) is 6.53. The number of thiophene rings is 2. The summed E-state index contributed by atoms with van der Waals surface area (Å²) in [6, 6.07) is 8.23. The zero-order valence-electron chi connectivity index (χ0n) is 13.8. The van der Waals surface area contributed by atoms with E-state index in [0.29, 0.717) is 17.9 Å².